The highest BCUT2D eigenvalue weighted by molar-refractivity contribution is 5.82. The summed E-state index contributed by atoms with van der Waals surface area (Å²) in [5, 5.41) is 0. The highest BCUT2D eigenvalue weighted by Gasteiger charge is 2.72. The molecule has 10 heteroatoms. The van der Waals surface area contributed by atoms with Crippen LogP contribution in [-0.4, -0.2) is 32.3 Å². The van der Waals surface area contributed by atoms with Gasteiger partial charge < -0.3 is 0 Å². The third-order valence-corrected chi connectivity index (χ3v) is 12.2. The summed E-state index contributed by atoms with van der Waals surface area (Å²) in [6.07, 6.45) is -5.90. The maximum absolute atomic E-state index is 16.8. The van der Waals surface area contributed by atoms with E-state index in [2.05, 4.69) is 19.9 Å². The molecule has 10 aromatic rings. The van der Waals surface area contributed by atoms with E-state index in [4.69, 9.17) is 0 Å². The quantitative estimate of drug-likeness (QED) is 0.128. The van der Waals surface area contributed by atoms with Crippen molar-refractivity contribution in [1.29, 1.82) is 0 Å². The van der Waals surface area contributed by atoms with E-state index >= 15 is 26.3 Å². The van der Waals surface area contributed by atoms with Crippen LogP contribution in [0, 0.1) is 0 Å². The first kappa shape index (κ1) is 44.3. The second-order valence-corrected chi connectivity index (χ2v) is 16.5. The van der Waals surface area contributed by atoms with E-state index in [1.165, 1.54) is 24.8 Å². The first-order valence-electron chi connectivity index (χ1n) is 22.0. The van der Waals surface area contributed by atoms with Crippen molar-refractivity contribution in [2.75, 3.05) is 0 Å². The Labute approximate surface area is 394 Å². The van der Waals surface area contributed by atoms with Crippen LogP contribution in [0.25, 0.3) is 89.5 Å². The van der Waals surface area contributed by atoms with Gasteiger partial charge in [-0.15, -0.1) is 0 Å². The standard InChI is InChI=1S/C59H38F6N4/c60-58(61,62)57(59(63,64)65,51-31-47(43-21-25-66-53(35-43)39-13-5-1-6-14-39)29-48(32-51)44-22-26-67-54(36-44)40-15-7-2-8-16-40)52-33-49(45-23-27-68-55(37-45)41-17-9-3-10-18-41)30-50(34-52)46-24-28-69-56(38-46)42-19-11-4-12-20-42/h1-38H. The van der Waals surface area contributed by atoms with Gasteiger partial charge in [0.1, 0.15) is 0 Å². The molecule has 4 heterocycles. The van der Waals surface area contributed by atoms with E-state index in [9.17, 15) is 0 Å². The third-order valence-electron chi connectivity index (χ3n) is 12.2. The summed E-state index contributed by atoms with van der Waals surface area (Å²) in [5.74, 6) is 0. The number of rotatable bonds is 10. The Kier molecular flexibility index (Phi) is 11.8. The topological polar surface area (TPSA) is 51.6 Å². The molecule has 69 heavy (non-hydrogen) atoms. The van der Waals surface area contributed by atoms with Gasteiger partial charge in [0.25, 0.3) is 0 Å². The molecule has 0 amide bonds. The van der Waals surface area contributed by atoms with Gasteiger partial charge >= 0.3 is 12.4 Å². The van der Waals surface area contributed by atoms with Gasteiger partial charge in [0.05, 0.1) is 22.8 Å². The van der Waals surface area contributed by atoms with Crippen LogP contribution >= 0.6 is 0 Å². The predicted octanol–water partition coefficient (Wildman–Crippen LogP) is 16.0. The zero-order valence-electron chi connectivity index (χ0n) is 36.5. The Bertz CT molecular complexity index is 2980. The zero-order valence-corrected chi connectivity index (χ0v) is 36.5. The Morgan fingerprint density at radius 2 is 0.464 bits per heavy atom. The van der Waals surface area contributed by atoms with Gasteiger partial charge in [0.2, 0.25) is 5.41 Å². The Morgan fingerprint density at radius 1 is 0.232 bits per heavy atom. The van der Waals surface area contributed by atoms with Crippen LogP contribution in [0.1, 0.15) is 11.1 Å². The van der Waals surface area contributed by atoms with Gasteiger partial charge in [-0.25, -0.2) is 0 Å². The van der Waals surface area contributed by atoms with E-state index in [1.54, 1.807) is 60.7 Å². The lowest BCUT2D eigenvalue weighted by atomic mass is 9.70. The number of aromatic nitrogens is 4. The number of halogens is 6. The largest absolute Gasteiger partial charge is 0.411 e. The van der Waals surface area contributed by atoms with Crippen LogP contribution in [0.15, 0.2) is 231 Å². The molecule has 0 aliphatic rings. The van der Waals surface area contributed by atoms with Crippen molar-refractivity contribution in [3.63, 3.8) is 0 Å². The molecule has 0 spiro atoms. The van der Waals surface area contributed by atoms with Crippen molar-refractivity contribution < 1.29 is 26.3 Å². The molecule has 0 aliphatic carbocycles. The lowest BCUT2D eigenvalue weighted by molar-refractivity contribution is -0.288. The van der Waals surface area contributed by atoms with Crippen LogP contribution in [0.3, 0.4) is 0 Å². The van der Waals surface area contributed by atoms with Crippen molar-refractivity contribution in [2.24, 2.45) is 0 Å². The number of hydrogen-bond donors (Lipinski definition) is 0. The van der Waals surface area contributed by atoms with Crippen LogP contribution in [0.2, 0.25) is 0 Å². The van der Waals surface area contributed by atoms with Crippen LogP contribution in [0.5, 0.6) is 0 Å². The molecular formula is C59H38F6N4. The molecular weight excluding hydrogens is 879 g/mol. The van der Waals surface area contributed by atoms with E-state index < -0.39 is 28.9 Å². The summed E-state index contributed by atoms with van der Waals surface area (Å²) in [5.41, 5.74) is 0.196. The molecule has 0 radical (unpaired) electrons. The lowest BCUT2D eigenvalue weighted by Crippen LogP contribution is -2.54. The van der Waals surface area contributed by atoms with E-state index in [-0.39, 0.29) is 22.3 Å². The molecule has 4 nitrogen and oxygen atoms in total. The monoisotopic (exact) mass is 916 g/mol. The smallest absolute Gasteiger partial charge is 0.256 e. The van der Waals surface area contributed by atoms with Gasteiger partial charge in [-0.1, -0.05) is 121 Å². The Balaban J connectivity index is 1.26. The molecule has 0 saturated carbocycles. The first-order valence-corrected chi connectivity index (χ1v) is 22.0. The second-order valence-electron chi connectivity index (χ2n) is 16.5. The van der Waals surface area contributed by atoms with Crippen molar-refractivity contribution in [3.05, 3.63) is 242 Å². The normalized spacial score (nSPS) is 11.9. The SMILES string of the molecule is FC(F)(F)C(c1cc(-c2ccnc(-c3ccccc3)c2)cc(-c2ccnc(-c3ccccc3)c2)c1)(c1cc(-c2ccnc(-c3ccccc3)c2)cc(-c2ccnc(-c3ccccc3)c2)c1)C(F)(F)F. The molecule has 0 atom stereocenters. The average Bonchev–Trinajstić information content (AvgIpc) is 3.39. The molecule has 0 N–H and O–H groups in total. The molecule has 0 bridgehead atoms. The van der Waals surface area contributed by atoms with Crippen LogP contribution in [0.4, 0.5) is 26.3 Å². The minimum Gasteiger partial charge on any atom is -0.256 e. The summed E-state index contributed by atoms with van der Waals surface area (Å²) in [4.78, 5) is 18.0. The molecule has 336 valence electrons. The Hall–Kier alpha value is -8.50. The van der Waals surface area contributed by atoms with E-state index in [1.807, 2.05) is 121 Å². The minimum atomic E-state index is -5.95. The van der Waals surface area contributed by atoms with Crippen molar-refractivity contribution in [1.82, 2.24) is 19.9 Å². The van der Waals surface area contributed by atoms with Crippen LogP contribution in [-0.2, 0) is 5.41 Å². The lowest BCUT2D eigenvalue weighted by Gasteiger charge is -2.39. The summed E-state index contributed by atoms with van der Waals surface area (Å²) in [7, 11) is 0. The predicted molar refractivity (Wildman–Crippen MR) is 260 cm³/mol. The van der Waals surface area contributed by atoms with Gasteiger partial charge in [-0.2, -0.15) is 26.3 Å². The van der Waals surface area contributed by atoms with Gasteiger partial charge in [0, 0.05) is 47.0 Å². The summed E-state index contributed by atoms with van der Waals surface area (Å²) >= 11 is 0. The molecule has 0 aliphatic heterocycles. The summed E-state index contributed by atoms with van der Waals surface area (Å²) in [6, 6.07) is 56.9. The number of benzene rings is 6. The maximum atomic E-state index is 16.8. The third kappa shape index (κ3) is 8.80. The van der Waals surface area contributed by atoms with Gasteiger partial charge in [-0.05, 0) is 141 Å². The number of alkyl halides is 6. The minimum absolute atomic E-state index is 0.123. The van der Waals surface area contributed by atoms with Gasteiger partial charge in [0.15, 0.2) is 0 Å². The van der Waals surface area contributed by atoms with Crippen molar-refractivity contribution in [3.8, 4) is 89.5 Å². The number of pyridine rings is 4. The Morgan fingerprint density at radius 3 is 0.681 bits per heavy atom. The fourth-order valence-corrected chi connectivity index (χ4v) is 8.84. The van der Waals surface area contributed by atoms with E-state index in [0.717, 1.165) is 46.5 Å². The van der Waals surface area contributed by atoms with Gasteiger partial charge in [-0.3, -0.25) is 19.9 Å². The fraction of sp³-hybridized carbons (Fsp3) is 0.0508. The van der Waals surface area contributed by atoms with Crippen molar-refractivity contribution >= 4 is 0 Å². The maximum Gasteiger partial charge on any atom is 0.411 e. The number of nitrogens with zero attached hydrogens (tertiary/aromatic N) is 4. The second kappa shape index (κ2) is 18.3. The molecule has 10 rings (SSSR count). The fourth-order valence-electron chi connectivity index (χ4n) is 8.84. The first-order chi connectivity index (χ1) is 33.4. The highest BCUT2D eigenvalue weighted by Crippen LogP contribution is 2.58. The molecule has 0 unspecified atom stereocenters. The molecule has 0 fully saturated rings. The molecule has 6 aromatic carbocycles. The average molecular weight is 917 g/mol. The van der Waals surface area contributed by atoms with Crippen LogP contribution < -0.4 is 0 Å². The highest BCUT2D eigenvalue weighted by atomic mass is 19.4. The number of hydrogen-bond acceptors (Lipinski definition) is 4. The summed E-state index contributed by atoms with van der Waals surface area (Å²) < 4.78 is 101. The molecule has 4 aromatic heterocycles. The molecule has 0 saturated heterocycles. The zero-order chi connectivity index (χ0) is 47.6. The summed E-state index contributed by atoms with van der Waals surface area (Å²) in [6.45, 7) is 0. The van der Waals surface area contributed by atoms with E-state index in [0.29, 0.717) is 45.0 Å². The van der Waals surface area contributed by atoms with Crippen molar-refractivity contribution in [2.45, 2.75) is 17.8 Å².